The summed E-state index contributed by atoms with van der Waals surface area (Å²) in [5.41, 5.74) is 1.03. The lowest BCUT2D eigenvalue weighted by Crippen LogP contribution is -2.44. The van der Waals surface area contributed by atoms with Crippen molar-refractivity contribution in [1.29, 1.82) is 0 Å². The number of carbonyl (C=O) groups excluding carboxylic acids is 1. The molecule has 1 saturated carbocycles. The zero-order valence-corrected chi connectivity index (χ0v) is 16.5. The number of amides is 1. The summed E-state index contributed by atoms with van der Waals surface area (Å²) in [7, 11) is 0. The smallest absolute Gasteiger partial charge is 0.225 e. The van der Waals surface area contributed by atoms with E-state index in [0.717, 1.165) is 61.8 Å². The Balaban J connectivity index is 1.35. The summed E-state index contributed by atoms with van der Waals surface area (Å²) in [6.45, 7) is 1.79. The van der Waals surface area contributed by atoms with Crippen LogP contribution in [0, 0.1) is 11.8 Å². The number of carbonyl (C=O) groups is 1. The Morgan fingerprint density at radius 1 is 1.15 bits per heavy atom. The van der Waals surface area contributed by atoms with Crippen LogP contribution < -0.4 is 5.32 Å². The molecule has 2 aromatic rings. The molecule has 6 nitrogen and oxygen atoms in total. The molecule has 3 heterocycles. The molecule has 0 bridgehead atoms. The number of anilines is 2. The van der Waals surface area contributed by atoms with Gasteiger partial charge in [0.25, 0.3) is 0 Å². The summed E-state index contributed by atoms with van der Waals surface area (Å²) >= 11 is 1.55. The maximum absolute atomic E-state index is 12.9. The van der Waals surface area contributed by atoms with Gasteiger partial charge in [0.05, 0.1) is 0 Å². The minimum atomic E-state index is 0.269. The second-order valence-electron chi connectivity index (χ2n) is 7.69. The molecule has 1 amide bonds. The molecule has 0 aromatic carbocycles. The van der Waals surface area contributed by atoms with Crippen molar-refractivity contribution in [2.24, 2.45) is 11.8 Å². The second-order valence-corrected chi connectivity index (χ2v) is 8.58. The van der Waals surface area contributed by atoms with E-state index in [2.05, 4.69) is 25.2 Å². The van der Waals surface area contributed by atoms with E-state index in [4.69, 9.17) is 0 Å². The quantitative estimate of drug-likeness (QED) is 0.841. The van der Waals surface area contributed by atoms with E-state index in [1.807, 2.05) is 11.4 Å². The molecule has 1 N–H and O–H groups in total. The van der Waals surface area contributed by atoms with Crippen LogP contribution in [0.25, 0.3) is 0 Å². The number of thiazole rings is 1. The topological polar surface area (TPSA) is 71.0 Å². The molecule has 144 valence electrons. The van der Waals surface area contributed by atoms with Crippen LogP contribution in [0.5, 0.6) is 0 Å². The SMILES string of the molecule is O=C(C1CCCCC1)N1CCC[C@@H](Cc2cc(Nc3nccs3)ncn2)C1. The summed E-state index contributed by atoms with van der Waals surface area (Å²) < 4.78 is 0. The van der Waals surface area contributed by atoms with Gasteiger partial charge in [-0.2, -0.15) is 0 Å². The fourth-order valence-corrected chi connectivity index (χ4v) is 4.84. The van der Waals surface area contributed by atoms with Crippen molar-refractivity contribution in [3.8, 4) is 0 Å². The van der Waals surface area contributed by atoms with Crippen LogP contribution in [0.15, 0.2) is 24.0 Å². The van der Waals surface area contributed by atoms with Crippen LogP contribution in [-0.4, -0.2) is 38.8 Å². The fraction of sp³-hybridized carbons (Fsp3) is 0.600. The number of likely N-dealkylation sites (tertiary alicyclic amines) is 1. The van der Waals surface area contributed by atoms with Crippen LogP contribution >= 0.6 is 11.3 Å². The Labute approximate surface area is 164 Å². The number of nitrogens with zero attached hydrogens (tertiary/aromatic N) is 4. The molecule has 2 aromatic heterocycles. The van der Waals surface area contributed by atoms with Crippen molar-refractivity contribution in [2.75, 3.05) is 18.4 Å². The Bertz CT molecular complexity index is 745. The first-order chi connectivity index (χ1) is 13.3. The number of rotatable bonds is 5. The van der Waals surface area contributed by atoms with Gasteiger partial charge in [-0.1, -0.05) is 19.3 Å². The van der Waals surface area contributed by atoms with E-state index in [-0.39, 0.29) is 5.92 Å². The van der Waals surface area contributed by atoms with Gasteiger partial charge in [0.15, 0.2) is 5.13 Å². The van der Waals surface area contributed by atoms with Gasteiger partial charge >= 0.3 is 0 Å². The summed E-state index contributed by atoms with van der Waals surface area (Å²) in [5.74, 6) is 1.92. The van der Waals surface area contributed by atoms with Crippen molar-refractivity contribution in [3.63, 3.8) is 0 Å². The lowest BCUT2D eigenvalue weighted by atomic mass is 9.86. The number of hydrogen-bond acceptors (Lipinski definition) is 6. The minimum Gasteiger partial charge on any atom is -0.342 e. The van der Waals surface area contributed by atoms with Crippen LogP contribution in [-0.2, 0) is 11.2 Å². The summed E-state index contributed by atoms with van der Waals surface area (Å²) in [5, 5.41) is 5.99. The Morgan fingerprint density at radius 2 is 2.04 bits per heavy atom. The number of aromatic nitrogens is 3. The summed E-state index contributed by atoms with van der Waals surface area (Å²) in [6, 6.07) is 2.00. The summed E-state index contributed by atoms with van der Waals surface area (Å²) in [4.78, 5) is 28.0. The highest BCUT2D eigenvalue weighted by molar-refractivity contribution is 7.13. The molecule has 1 aliphatic heterocycles. The van der Waals surface area contributed by atoms with E-state index in [9.17, 15) is 4.79 Å². The summed E-state index contributed by atoms with van der Waals surface area (Å²) in [6.07, 6.45) is 12.4. The number of nitrogens with one attached hydrogen (secondary N) is 1. The molecule has 2 fully saturated rings. The predicted molar refractivity (Wildman–Crippen MR) is 107 cm³/mol. The van der Waals surface area contributed by atoms with Gasteiger partial charge in [0, 0.05) is 42.3 Å². The maximum Gasteiger partial charge on any atom is 0.225 e. The van der Waals surface area contributed by atoms with Crippen molar-refractivity contribution in [2.45, 2.75) is 51.4 Å². The van der Waals surface area contributed by atoms with Crippen LogP contribution in [0.3, 0.4) is 0 Å². The van der Waals surface area contributed by atoms with Crippen molar-refractivity contribution >= 4 is 28.2 Å². The van der Waals surface area contributed by atoms with Crippen LogP contribution in [0.4, 0.5) is 10.9 Å². The van der Waals surface area contributed by atoms with Crippen LogP contribution in [0.2, 0.25) is 0 Å². The molecule has 0 radical (unpaired) electrons. The molecule has 1 aliphatic carbocycles. The Morgan fingerprint density at radius 3 is 2.85 bits per heavy atom. The highest BCUT2D eigenvalue weighted by Gasteiger charge is 2.29. The van der Waals surface area contributed by atoms with Crippen molar-refractivity contribution < 1.29 is 4.79 Å². The highest BCUT2D eigenvalue weighted by Crippen LogP contribution is 2.28. The zero-order valence-electron chi connectivity index (χ0n) is 15.6. The molecule has 0 spiro atoms. The largest absolute Gasteiger partial charge is 0.342 e. The normalized spacial score (nSPS) is 21.2. The molecule has 7 heteroatoms. The van der Waals surface area contributed by atoms with Gasteiger partial charge in [-0.05, 0) is 38.0 Å². The monoisotopic (exact) mass is 385 g/mol. The molecule has 2 aliphatic rings. The standard InChI is InChI=1S/C20H27N5OS/c26-19(16-6-2-1-3-7-16)25-9-4-5-15(13-25)11-17-12-18(23-14-22-17)24-20-21-8-10-27-20/h8,10,12,14-16H,1-7,9,11,13H2,(H,21,22,23,24)/t15-/m0/s1. The lowest BCUT2D eigenvalue weighted by Gasteiger charge is -2.36. The molecule has 1 saturated heterocycles. The molecular formula is C20H27N5OS. The van der Waals surface area contributed by atoms with Gasteiger partial charge in [-0.15, -0.1) is 11.3 Å². The fourth-order valence-electron chi connectivity index (χ4n) is 4.31. The molecule has 1 atom stereocenters. The number of hydrogen-bond donors (Lipinski definition) is 1. The van der Waals surface area contributed by atoms with Gasteiger partial charge in [0.2, 0.25) is 5.91 Å². The Kier molecular flexibility index (Phi) is 5.97. The third kappa shape index (κ3) is 4.83. The van der Waals surface area contributed by atoms with E-state index in [1.165, 1.54) is 19.3 Å². The van der Waals surface area contributed by atoms with E-state index >= 15 is 0 Å². The highest BCUT2D eigenvalue weighted by atomic mass is 32.1. The molecule has 4 rings (SSSR count). The second kappa shape index (κ2) is 8.78. The first-order valence-corrected chi connectivity index (χ1v) is 10.9. The maximum atomic E-state index is 12.9. The molecule has 27 heavy (non-hydrogen) atoms. The van der Waals surface area contributed by atoms with E-state index in [0.29, 0.717) is 11.8 Å². The lowest BCUT2D eigenvalue weighted by molar-refractivity contribution is -0.138. The van der Waals surface area contributed by atoms with Gasteiger partial charge < -0.3 is 10.2 Å². The Hall–Kier alpha value is -2.02. The third-order valence-corrected chi connectivity index (χ3v) is 6.36. The average molecular weight is 386 g/mol. The molecule has 0 unspecified atom stereocenters. The van der Waals surface area contributed by atoms with Crippen molar-refractivity contribution in [1.82, 2.24) is 19.9 Å². The molecular weight excluding hydrogens is 358 g/mol. The zero-order chi connectivity index (χ0) is 18.5. The predicted octanol–water partition coefficient (Wildman–Crippen LogP) is 4.04. The number of piperidine rings is 1. The third-order valence-electron chi connectivity index (χ3n) is 5.67. The first-order valence-electron chi connectivity index (χ1n) is 10.0. The first kappa shape index (κ1) is 18.3. The average Bonchev–Trinajstić information content (AvgIpc) is 3.22. The van der Waals surface area contributed by atoms with Gasteiger partial charge in [-0.3, -0.25) is 4.79 Å². The van der Waals surface area contributed by atoms with Gasteiger partial charge in [0.1, 0.15) is 12.1 Å². The van der Waals surface area contributed by atoms with Crippen molar-refractivity contribution in [3.05, 3.63) is 29.7 Å². The van der Waals surface area contributed by atoms with Crippen LogP contribution in [0.1, 0.15) is 50.6 Å². The van der Waals surface area contributed by atoms with E-state index in [1.54, 1.807) is 23.9 Å². The van der Waals surface area contributed by atoms with Gasteiger partial charge in [-0.25, -0.2) is 15.0 Å². The minimum absolute atomic E-state index is 0.269. The van der Waals surface area contributed by atoms with E-state index < -0.39 is 0 Å².